The van der Waals surface area contributed by atoms with Crippen LogP contribution in [0.3, 0.4) is 0 Å². The fourth-order valence-electron chi connectivity index (χ4n) is 1.73. The number of carbonyl (C=O) groups excluding carboxylic acids is 1. The zero-order valence-corrected chi connectivity index (χ0v) is 14.9. The summed E-state index contributed by atoms with van der Waals surface area (Å²) in [6, 6.07) is 5.49. The van der Waals surface area contributed by atoms with E-state index in [-0.39, 0.29) is 11.3 Å². The summed E-state index contributed by atoms with van der Waals surface area (Å²) < 4.78 is 5.30. The number of anilines is 1. The molecule has 0 radical (unpaired) electrons. The second kappa shape index (κ2) is 6.66. The zero-order valence-electron chi connectivity index (χ0n) is 13.3. The topological polar surface area (TPSA) is 64.1 Å². The molecule has 7 heteroatoms. The smallest absolute Gasteiger partial charge is 0.261 e. The molecule has 0 saturated carbocycles. The van der Waals surface area contributed by atoms with E-state index in [0.717, 1.165) is 9.90 Å². The number of amides is 1. The van der Waals surface area contributed by atoms with Crippen molar-refractivity contribution < 1.29 is 9.53 Å². The predicted molar refractivity (Wildman–Crippen MR) is 91.3 cm³/mol. The average molecular weight is 337 g/mol. The molecule has 0 spiro atoms. The van der Waals surface area contributed by atoms with Gasteiger partial charge in [-0.15, -0.1) is 22.0 Å². The zero-order chi connectivity index (χ0) is 16.3. The lowest BCUT2D eigenvalue weighted by molar-refractivity contribution is 0.102. The molecule has 2 aromatic rings. The Balaban J connectivity index is 2.20. The van der Waals surface area contributed by atoms with E-state index in [1.807, 2.05) is 18.4 Å². The molecular formula is C15H19N3O2S2. The van der Waals surface area contributed by atoms with Crippen molar-refractivity contribution in [2.45, 2.75) is 31.1 Å². The number of nitrogens with zero attached hydrogens (tertiary/aromatic N) is 2. The van der Waals surface area contributed by atoms with Gasteiger partial charge in [0.25, 0.3) is 5.91 Å². The van der Waals surface area contributed by atoms with Gasteiger partial charge in [0.2, 0.25) is 5.13 Å². The summed E-state index contributed by atoms with van der Waals surface area (Å²) in [5, 5.41) is 12.3. The van der Waals surface area contributed by atoms with E-state index in [2.05, 4.69) is 36.3 Å². The van der Waals surface area contributed by atoms with Gasteiger partial charge in [-0.05, 0) is 24.5 Å². The van der Waals surface area contributed by atoms with Crippen LogP contribution in [-0.4, -0.2) is 29.5 Å². The lowest BCUT2D eigenvalue weighted by atomic mass is 9.98. The highest BCUT2D eigenvalue weighted by atomic mass is 32.2. The minimum Gasteiger partial charge on any atom is -0.496 e. The molecule has 0 aliphatic heterocycles. The third kappa shape index (κ3) is 3.78. The van der Waals surface area contributed by atoms with Gasteiger partial charge in [-0.2, -0.15) is 0 Å². The van der Waals surface area contributed by atoms with Crippen LogP contribution in [0.1, 0.15) is 36.1 Å². The summed E-state index contributed by atoms with van der Waals surface area (Å²) >= 11 is 2.98. The van der Waals surface area contributed by atoms with E-state index in [1.165, 1.54) is 11.3 Å². The molecule has 118 valence electrons. The number of hydrogen-bond donors (Lipinski definition) is 1. The Morgan fingerprint density at radius 3 is 2.59 bits per heavy atom. The molecule has 0 saturated heterocycles. The van der Waals surface area contributed by atoms with E-state index in [1.54, 1.807) is 24.9 Å². The molecular weight excluding hydrogens is 318 g/mol. The fraction of sp³-hybridized carbons (Fsp3) is 0.400. The van der Waals surface area contributed by atoms with Crippen molar-refractivity contribution in [1.82, 2.24) is 10.2 Å². The highest BCUT2D eigenvalue weighted by Gasteiger charge is 2.21. The van der Waals surface area contributed by atoms with Crippen LogP contribution in [0.25, 0.3) is 0 Å². The van der Waals surface area contributed by atoms with Crippen molar-refractivity contribution in [2.24, 2.45) is 0 Å². The van der Waals surface area contributed by atoms with Crippen LogP contribution >= 0.6 is 23.1 Å². The first-order valence-corrected chi connectivity index (χ1v) is 8.76. The van der Waals surface area contributed by atoms with Gasteiger partial charge in [-0.1, -0.05) is 32.1 Å². The van der Waals surface area contributed by atoms with Gasteiger partial charge in [0, 0.05) is 10.3 Å². The summed E-state index contributed by atoms with van der Waals surface area (Å²) in [6.07, 6.45) is 1.98. The molecule has 0 unspecified atom stereocenters. The summed E-state index contributed by atoms with van der Waals surface area (Å²) in [7, 11) is 1.55. The molecule has 22 heavy (non-hydrogen) atoms. The van der Waals surface area contributed by atoms with Gasteiger partial charge in [0.1, 0.15) is 10.8 Å². The first-order chi connectivity index (χ1) is 10.3. The van der Waals surface area contributed by atoms with Gasteiger partial charge in [-0.25, -0.2) is 0 Å². The molecule has 0 aliphatic carbocycles. The molecule has 1 N–H and O–H groups in total. The number of hydrogen-bond acceptors (Lipinski definition) is 6. The third-order valence-electron chi connectivity index (χ3n) is 2.94. The Labute approximate surface area is 138 Å². The molecule has 1 amide bonds. The van der Waals surface area contributed by atoms with E-state index < -0.39 is 0 Å². The Bertz CT molecular complexity index is 678. The maximum atomic E-state index is 12.4. The summed E-state index contributed by atoms with van der Waals surface area (Å²) in [6.45, 7) is 6.18. The lowest BCUT2D eigenvalue weighted by Gasteiger charge is -2.12. The average Bonchev–Trinajstić information content (AvgIpc) is 2.95. The van der Waals surface area contributed by atoms with Crippen molar-refractivity contribution >= 4 is 34.1 Å². The monoisotopic (exact) mass is 337 g/mol. The quantitative estimate of drug-likeness (QED) is 0.859. The third-order valence-corrected chi connectivity index (χ3v) is 4.93. The second-order valence-corrected chi connectivity index (χ2v) is 7.54. The van der Waals surface area contributed by atoms with Crippen molar-refractivity contribution in [2.75, 3.05) is 18.7 Å². The molecule has 0 bridgehead atoms. The maximum absolute atomic E-state index is 12.4. The summed E-state index contributed by atoms with van der Waals surface area (Å²) in [4.78, 5) is 13.4. The Morgan fingerprint density at radius 1 is 1.32 bits per heavy atom. The van der Waals surface area contributed by atoms with Crippen LogP contribution in [0.5, 0.6) is 5.75 Å². The molecule has 1 heterocycles. The minimum atomic E-state index is -0.249. The largest absolute Gasteiger partial charge is 0.496 e. The number of ether oxygens (including phenoxy) is 1. The maximum Gasteiger partial charge on any atom is 0.261 e. The molecule has 0 fully saturated rings. The summed E-state index contributed by atoms with van der Waals surface area (Å²) in [5.74, 6) is 0.297. The normalized spacial score (nSPS) is 11.3. The number of thioether (sulfide) groups is 1. The van der Waals surface area contributed by atoms with Gasteiger partial charge in [0.15, 0.2) is 0 Å². The lowest BCUT2D eigenvalue weighted by Crippen LogP contribution is -2.13. The number of carbonyl (C=O) groups is 1. The molecule has 1 aromatic heterocycles. The van der Waals surface area contributed by atoms with Crippen LogP contribution in [-0.2, 0) is 5.41 Å². The molecule has 1 aromatic carbocycles. The Kier molecular flexibility index (Phi) is 5.08. The molecule has 5 nitrogen and oxygen atoms in total. The summed E-state index contributed by atoms with van der Waals surface area (Å²) in [5.41, 5.74) is 0.394. The number of rotatable bonds is 4. The number of aromatic nitrogens is 2. The van der Waals surface area contributed by atoms with Crippen LogP contribution < -0.4 is 10.1 Å². The van der Waals surface area contributed by atoms with Crippen LogP contribution in [0.2, 0.25) is 0 Å². The first kappa shape index (κ1) is 16.8. The number of benzene rings is 1. The Morgan fingerprint density at radius 2 is 2.05 bits per heavy atom. The van der Waals surface area contributed by atoms with Crippen molar-refractivity contribution in [3.8, 4) is 5.75 Å². The number of nitrogens with one attached hydrogen (secondary N) is 1. The molecule has 0 atom stereocenters. The highest BCUT2D eigenvalue weighted by molar-refractivity contribution is 7.98. The van der Waals surface area contributed by atoms with Gasteiger partial charge >= 0.3 is 0 Å². The van der Waals surface area contributed by atoms with Crippen LogP contribution in [0.4, 0.5) is 5.13 Å². The van der Waals surface area contributed by atoms with Gasteiger partial charge < -0.3 is 4.74 Å². The second-order valence-electron chi connectivity index (χ2n) is 5.68. The van der Waals surface area contributed by atoms with Crippen molar-refractivity contribution in [3.05, 3.63) is 28.8 Å². The molecule has 2 rings (SSSR count). The Hall–Kier alpha value is -1.60. The van der Waals surface area contributed by atoms with Gasteiger partial charge in [-0.3, -0.25) is 10.1 Å². The van der Waals surface area contributed by atoms with Gasteiger partial charge in [0.05, 0.1) is 12.7 Å². The number of methoxy groups -OCH3 is 1. The first-order valence-electron chi connectivity index (χ1n) is 6.72. The van der Waals surface area contributed by atoms with E-state index >= 15 is 0 Å². The molecule has 0 aliphatic rings. The van der Waals surface area contributed by atoms with Crippen molar-refractivity contribution in [1.29, 1.82) is 0 Å². The SMILES string of the molecule is COc1cc(SC)ccc1C(=O)Nc1nnc(C(C)(C)C)s1. The standard InChI is InChI=1S/C15H19N3O2S2/c1-15(2,3)13-17-18-14(22-13)16-12(19)10-7-6-9(21-5)8-11(10)20-4/h6-8H,1-5H3,(H,16,18,19). The highest BCUT2D eigenvalue weighted by Crippen LogP contribution is 2.29. The van der Waals surface area contributed by atoms with E-state index in [9.17, 15) is 4.79 Å². The van der Waals surface area contributed by atoms with Crippen LogP contribution in [0, 0.1) is 0 Å². The minimum absolute atomic E-state index is 0.0850. The fourth-order valence-corrected chi connectivity index (χ4v) is 2.95. The predicted octanol–water partition coefficient (Wildman–Crippen LogP) is 3.82. The van der Waals surface area contributed by atoms with E-state index in [0.29, 0.717) is 16.4 Å². The van der Waals surface area contributed by atoms with Crippen molar-refractivity contribution in [3.63, 3.8) is 0 Å². The van der Waals surface area contributed by atoms with E-state index in [4.69, 9.17) is 4.74 Å². The van der Waals surface area contributed by atoms with Crippen LogP contribution in [0.15, 0.2) is 23.1 Å².